The fourth-order valence-electron chi connectivity index (χ4n) is 2.97. The van der Waals surface area contributed by atoms with Crippen LogP contribution >= 0.6 is 27.5 Å². The van der Waals surface area contributed by atoms with E-state index < -0.39 is 0 Å². The van der Waals surface area contributed by atoms with Crippen molar-refractivity contribution in [3.63, 3.8) is 0 Å². The summed E-state index contributed by atoms with van der Waals surface area (Å²) in [6.07, 6.45) is 1.63. The molecule has 9 heteroatoms. The van der Waals surface area contributed by atoms with Gasteiger partial charge in [-0.15, -0.1) is 0 Å². The molecular weight excluding hydrogens is 458 g/mol. The van der Waals surface area contributed by atoms with Crippen LogP contribution < -0.4 is 10.5 Å². The van der Waals surface area contributed by atoms with Gasteiger partial charge >= 0.3 is 0 Å². The van der Waals surface area contributed by atoms with Crippen molar-refractivity contribution in [3.05, 3.63) is 75.1 Å². The zero-order chi connectivity index (χ0) is 20.4. The van der Waals surface area contributed by atoms with Crippen LogP contribution in [0.1, 0.15) is 16.7 Å². The highest BCUT2D eigenvalue weighted by atomic mass is 79.9. The summed E-state index contributed by atoms with van der Waals surface area (Å²) in [6.45, 7) is 0.852. The summed E-state index contributed by atoms with van der Waals surface area (Å²) in [6, 6.07) is 13.4. The van der Waals surface area contributed by atoms with Crippen molar-refractivity contribution in [3.8, 4) is 5.75 Å². The number of fused-ring (bicyclic) bond motifs is 1. The van der Waals surface area contributed by atoms with Gasteiger partial charge in [-0.25, -0.2) is 9.67 Å². The largest absolute Gasteiger partial charge is 0.489 e. The molecule has 4 aromatic rings. The van der Waals surface area contributed by atoms with Gasteiger partial charge in [0, 0.05) is 10.0 Å². The van der Waals surface area contributed by atoms with Crippen LogP contribution in [0.4, 0.5) is 5.82 Å². The summed E-state index contributed by atoms with van der Waals surface area (Å²) in [4.78, 5) is 8.18. The molecule has 0 atom stereocenters. The predicted octanol–water partition coefficient (Wildman–Crippen LogP) is 3.94. The van der Waals surface area contributed by atoms with Crippen molar-refractivity contribution in [2.75, 3.05) is 5.73 Å². The Hall–Kier alpha value is -2.68. The van der Waals surface area contributed by atoms with E-state index in [2.05, 4.69) is 31.0 Å². The number of ether oxygens (including phenoxy) is 1. The molecule has 0 fully saturated rings. The van der Waals surface area contributed by atoms with Crippen LogP contribution in [0.2, 0.25) is 5.28 Å². The Kier molecular flexibility index (Phi) is 5.66. The van der Waals surface area contributed by atoms with Gasteiger partial charge < -0.3 is 15.6 Å². The molecule has 7 nitrogen and oxygen atoms in total. The molecule has 3 N–H and O–H groups in total. The number of aliphatic hydroxyl groups excluding tert-OH is 1. The van der Waals surface area contributed by atoms with E-state index in [0.717, 1.165) is 26.9 Å². The Bertz CT molecular complexity index is 1180. The molecule has 0 bridgehead atoms. The van der Waals surface area contributed by atoms with Crippen molar-refractivity contribution < 1.29 is 9.84 Å². The summed E-state index contributed by atoms with van der Waals surface area (Å²) < 4.78 is 8.61. The molecule has 0 aliphatic rings. The average molecular weight is 475 g/mol. The SMILES string of the molecule is Nc1nc(Cl)nc2c1cnn2Cc1cccc(OCc2cc(CO)ccc2Br)c1. The maximum absolute atomic E-state index is 9.32. The molecule has 0 saturated heterocycles. The van der Waals surface area contributed by atoms with E-state index in [9.17, 15) is 5.11 Å². The highest BCUT2D eigenvalue weighted by molar-refractivity contribution is 9.10. The first-order chi connectivity index (χ1) is 14.0. The standard InChI is InChI=1S/C20H17BrClN5O2/c21-17-5-4-13(10-28)6-14(17)11-29-15-3-1-2-12(7-15)9-27-19-16(8-24-27)18(23)25-20(22)26-19/h1-8,28H,9-11H2,(H2,23,25,26). The molecule has 4 rings (SSSR count). The van der Waals surface area contributed by atoms with E-state index in [1.807, 2.05) is 42.5 Å². The molecule has 148 valence electrons. The summed E-state index contributed by atoms with van der Waals surface area (Å²) in [7, 11) is 0. The first-order valence-corrected chi connectivity index (χ1v) is 9.95. The Morgan fingerprint density at radius 3 is 2.83 bits per heavy atom. The topological polar surface area (TPSA) is 99.1 Å². The molecular formula is C20H17BrClN5O2. The quantitative estimate of drug-likeness (QED) is 0.411. The van der Waals surface area contributed by atoms with Crippen molar-refractivity contribution in [2.24, 2.45) is 0 Å². The van der Waals surface area contributed by atoms with E-state index in [-0.39, 0.29) is 11.9 Å². The fraction of sp³-hybridized carbons (Fsp3) is 0.150. The molecule has 0 spiro atoms. The molecule has 0 aliphatic heterocycles. The van der Waals surface area contributed by atoms with Gasteiger partial charge in [0.25, 0.3) is 0 Å². The summed E-state index contributed by atoms with van der Waals surface area (Å²) in [5.74, 6) is 1.03. The van der Waals surface area contributed by atoms with Crippen LogP contribution in [0.3, 0.4) is 0 Å². The minimum atomic E-state index is -0.00826. The number of aromatic nitrogens is 4. The van der Waals surface area contributed by atoms with Crippen molar-refractivity contribution in [1.82, 2.24) is 19.7 Å². The summed E-state index contributed by atoms with van der Waals surface area (Å²) in [5, 5.41) is 14.4. The third-order valence-corrected chi connectivity index (χ3v) is 5.36. The molecule has 0 saturated carbocycles. The zero-order valence-corrected chi connectivity index (χ0v) is 17.6. The Morgan fingerprint density at radius 2 is 2.00 bits per heavy atom. The monoisotopic (exact) mass is 473 g/mol. The normalized spacial score (nSPS) is 11.1. The molecule has 2 aromatic heterocycles. The van der Waals surface area contributed by atoms with Gasteiger partial charge in [0.05, 0.1) is 24.7 Å². The van der Waals surface area contributed by atoms with Crippen LogP contribution in [0.15, 0.2) is 53.1 Å². The Balaban J connectivity index is 1.52. The molecule has 0 aliphatic carbocycles. The number of hydrogen-bond donors (Lipinski definition) is 2. The zero-order valence-electron chi connectivity index (χ0n) is 15.2. The second kappa shape index (κ2) is 8.36. The van der Waals surface area contributed by atoms with Gasteiger partial charge in [0.2, 0.25) is 5.28 Å². The molecule has 0 amide bonds. The maximum Gasteiger partial charge on any atom is 0.226 e. The molecule has 2 heterocycles. The van der Waals surface area contributed by atoms with Gasteiger partial charge in [-0.05, 0) is 47.0 Å². The van der Waals surface area contributed by atoms with E-state index in [0.29, 0.717) is 30.0 Å². The first kappa shape index (κ1) is 19.6. The minimum Gasteiger partial charge on any atom is -0.489 e. The van der Waals surface area contributed by atoms with Gasteiger partial charge in [-0.1, -0.05) is 34.1 Å². The van der Waals surface area contributed by atoms with E-state index in [4.69, 9.17) is 22.1 Å². The molecule has 29 heavy (non-hydrogen) atoms. The van der Waals surface area contributed by atoms with Crippen LogP contribution in [0.5, 0.6) is 5.75 Å². The second-order valence-electron chi connectivity index (χ2n) is 6.44. The predicted molar refractivity (Wildman–Crippen MR) is 115 cm³/mol. The fourth-order valence-corrected chi connectivity index (χ4v) is 3.50. The molecule has 0 radical (unpaired) electrons. The average Bonchev–Trinajstić information content (AvgIpc) is 3.10. The Morgan fingerprint density at radius 1 is 1.14 bits per heavy atom. The number of nitrogens with two attached hydrogens (primary N) is 1. The lowest BCUT2D eigenvalue weighted by molar-refractivity contribution is 0.280. The molecule has 2 aromatic carbocycles. The van der Waals surface area contributed by atoms with E-state index >= 15 is 0 Å². The van der Waals surface area contributed by atoms with Crippen molar-refractivity contribution in [2.45, 2.75) is 19.8 Å². The van der Waals surface area contributed by atoms with Crippen molar-refractivity contribution >= 4 is 44.4 Å². The number of benzene rings is 2. The third-order valence-electron chi connectivity index (χ3n) is 4.42. The smallest absolute Gasteiger partial charge is 0.226 e. The number of nitrogen functional groups attached to an aromatic ring is 1. The Labute approximate surface area is 180 Å². The summed E-state index contributed by atoms with van der Waals surface area (Å²) >= 11 is 9.45. The van der Waals surface area contributed by atoms with E-state index in [1.54, 1.807) is 10.9 Å². The van der Waals surface area contributed by atoms with Crippen LogP contribution in [-0.2, 0) is 19.8 Å². The van der Waals surface area contributed by atoms with Crippen LogP contribution in [0, 0.1) is 0 Å². The number of hydrogen-bond acceptors (Lipinski definition) is 6. The lowest BCUT2D eigenvalue weighted by Crippen LogP contribution is -2.04. The highest BCUT2D eigenvalue weighted by Crippen LogP contribution is 2.23. The minimum absolute atomic E-state index is 0.00826. The number of nitrogens with zero attached hydrogens (tertiary/aromatic N) is 4. The highest BCUT2D eigenvalue weighted by Gasteiger charge is 2.11. The van der Waals surface area contributed by atoms with Gasteiger partial charge in [-0.3, -0.25) is 0 Å². The number of halogens is 2. The van der Waals surface area contributed by atoms with Gasteiger partial charge in [-0.2, -0.15) is 10.1 Å². The number of anilines is 1. The summed E-state index contributed by atoms with van der Waals surface area (Å²) in [5.41, 5.74) is 9.26. The lowest BCUT2D eigenvalue weighted by atomic mass is 10.1. The third kappa shape index (κ3) is 4.34. The van der Waals surface area contributed by atoms with Gasteiger partial charge in [0.1, 0.15) is 18.2 Å². The van der Waals surface area contributed by atoms with Crippen LogP contribution in [-0.4, -0.2) is 24.9 Å². The van der Waals surface area contributed by atoms with Crippen molar-refractivity contribution in [1.29, 1.82) is 0 Å². The first-order valence-electron chi connectivity index (χ1n) is 8.78. The number of rotatable bonds is 6. The maximum atomic E-state index is 9.32. The molecule has 0 unspecified atom stereocenters. The van der Waals surface area contributed by atoms with Crippen LogP contribution in [0.25, 0.3) is 11.0 Å². The second-order valence-corrected chi connectivity index (χ2v) is 7.63. The lowest BCUT2D eigenvalue weighted by Gasteiger charge is -2.11. The van der Waals surface area contributed by atoms with E-state index in [1.165, 1.54) is 0 Å². The van der Waals surface area contributed by atoms with Gasteiger partial charge in [0.15, 0.2) is 5.65 Å². The number of aliphatic hydroxyl groups is 1.